The number of rotatable bonds is 4. The molecular weight excluding hydrogens is 304 g/mol. The molecule has 0 atom stereocenters. The molecule has 0 spiro atoms. The lowest BCUT2D eigenvalue weighted by molar-refractivity contribution is 0.0786. The molecule has 1 amide bonds. The summed E-state index contributed by atoms with van der Waals surface area (Å²) in [6.07, 6.45) is 8.97. The topological polar surface area (TPSA) is 75.4 Å². The first-order valence-corrected chi connectivity index (χ1v) is 8.08. The summed E-state index contributed by atoms with van der Waals surface area (Å²) in [5.41, 5.74) is 2.54. The Kier molecular flexibility index (Phi) is 3.82. The van der Waals surface area contributed by atoms with Gasteiger partial charge in [-0.1, -0.05) is 6.07 Å². The van der Waals surface area contributed by atoms with E-state index in [0.717, 1.165) is 37.0 Å². The summed E-state index contributed by atoms with van der Waals surface area (Å²) >= 11 is 0. The summed E-state index contributed by atoms with van der Waals surface area (Å²) in [6, 6.07) is 5.96. The molecule has 0 aromatic carbocycles. The molecule has 0 radical (unpaired) electrons. The molecule has 7 nitrogen and oxygen atoms in total. The number of amides is 1. The highest BCUT2D eigenvalue weighted by atomic mass is 16.2. The van der Waals surface area contributed by atoms with E-state index < -0.39 is 0 Å². The second-order valence-corrected chi connectivity index (χ2v) is 5.84. The number of fused-ring (bicyclic) bond motifs is 1. The maximum Gasteiger partial charge on any atom is 0.274 e. The Bertz CT molecular complexity index is 868. The second kappa shape index (κ2) is 6.27. The fourth-order valence-electron chi connectivity index (χ4n) is 2.99. The van der Waals surface area contributed by atoms with Gasteiger partial charge in [0.15, 0.2) is 0 Å². The van der Waals surface area contributed by atoms with Crippen LogP contribution in [0.1, 0.15) is 28.9 Å². The third kappa shape index (κ3) is 2.80. The maximum absolute atomic E-state index is 12.4. The van der Waals surface area contributed by atoms with Gasteiger partial charge in [-0.05, 0) is 30.5 Å². The van der Waals surface area contributed by atoms with Crippen LogP contribution in [0.2, 0.25) is 0 Å². The predicted molar refractivity (Wildman–Crippen MR) is 89.7 cm³/mol. The Hall–Kier alpha value is -2.96. The molecule has 3 aromatic heterocycles. The normalized spacial score (nSPS) is 14.2. The van der Waals surface area contributed by atoms with Gasteiger partial charge >= 0.3 is 0 Å². The van der Waals surface area contributed by atoms with Gasteiger partial charge in [0.1, 0.15) is 11.5 Å². The molecule has 1 aliphatic rings. The lowest BCUT2D eigenvalue weighted by Crippen LogP contribution is -2.28. The van der Waals surface area contributed by atoms with Gasteiger partial charge in [-0.3, -0.25) is 9.78 Å². The van der Waals surface area contributed by atoms with E-state index in [1.807, 2.05) is 33.8 Å². The van der Waals surface area contributed by atoms with Crippen LogP contribution in [0.5, 0.6) is 0 Å². The van der Waals surface area contributed by atoms with Crippen molar-refractivity contribution >= 4 is 17.2 Å². The molecule has 1 aliphatic heterocycles. The van der Waals surface area contributed by atoms with Gasteiger partial charge in [0.05, 0.1) is 17.9 Å². The minimum atomic E-state index is -0.0402. The Balaban J connectivity index is 1.50. The third-order valence-corrected chi connectivity index (χ3v) is 4.23. The first kappa shape index (κ1) is 14.6. The van der Waals surface area contributed by atoms with Crippen molar-refractivity contribution in [3.63, 3.8) is 0 Å². The van der Waals surface area contributed by atoms with Crippen molar-refractivity contribution in [2.24, 2.45) is 0 Å². The fourth-order valence-corrected chi connectivity index (χ4v) is 2.99. The number of anilines is 1. The van der Waals surface area contributed by atoms with Gasteiger partial charge in [0.25, 0.3) is 5.91 Å². The van der Waals surface area contributed by atoms with Crippen LogP contribution in [0.15, 0.2) is 43.0 Å². The van der Waals surface area contributed by atoms with Gasteiger partial charge in [-0.25, -0.2) is 9.50 Å². The van der Waals surface area contributed by atoms with Gasteiger partial charge in [0, 0.05) is 32.0 Å². The zero-order valence-corrected chi connectivity index (χ0v) is 13.2. The number of carbonyl (C=O) groups excluding carboxylic acids is 1. The van der Waals surface area contributed by atoms with E-state index in [0.29, 0.717) is 18.1 Å². The zero-order valence-electron chi connectivity index (χ0n) is 13.2. The van der Waals surface area contributed by atoms with Crippen molar-refractivity contribution in [3.8, 4) is 0 Å². The standard InChI is InChI=1S/C17H18N6O/c24-17(22-7-1-2-8-22)14-11-18-12-16(21-14)19-10-13-4-3-9-23-15(13)5-6-20-23/h3-6,9,11-12H,1-2,7-8,10H2,(H,19,21). The Morgan fingerprint density at radius 3 is 2.96 bits per heavy atom. The van der Waals surface area contributed by atoms with Gasteiger partial charge in [-0.15, -0.1) is 0 Å². The molecule has 1 fully saturated rings. The molecule has 4 heterocycles. The minimum Gasteiger partial charge on any atom is -0.365 e. The number of aromatic nitrogens is 4. The molecule has 0 unspecified atom stereocenters. The summed E-state index contributed by atoms with van der Waals surface area (Å²) < 4.78 is 1.83. The quantitative estimate of drug-likeness (QED) is 0.795. The summed E-state index contributed by atoms with van der Waals surface area (Å²) in [6.45, 7) is 2.20. The summed E-state index contributed by atoms with van der Waals surface area (Å²) in [4.78, 5) is 22.8. The van der Waals surface area contributed by atoms with Crippen LogP contribution in [0.25, 0.3) is 5.52 Å². The maximum atomic E-state index is 12.4. The molecule has 0 aliphatic carbocycles. The third-order valence-electron chi connectivity index (χ3n) is 4.23. The zero-order chi connectivity index (χ0) is 16.4. The number of pyridine rings is 1. The predicted octanol–water partition coefficient (Wildman–Crippen LogP) is 1.97. The van der Waals surface area contributed by atoms with Gasteiger partial charge in [0.2, 0.25) is 0 Å². The van der Waals surface area contributed by atoms with Crippen LogP contribution >= 0.6 is 0 Å². The van der Waals surface area contributed by atoms with Crippen molar-refractivity contribution in [1.29, 1.82) is 0 Å². The minimum absolute atomic E-state index is 0.0402. The molecule has 1 saturated heterocycles. The highest BCUT2D eigenvalue weighted by molar-refractivity contribution is 5.92. The van der Waals surface area contributed by atoms with E-state index in [-0.39, 0.29) is 5.91 Å². The summed E-state index contributed by atoms with van der Waals surface area (Å²) in [7, 11) is 0. The van der Waals surface area contributed by atoms with Gasteiger partial charge in [-0.2, -0.15) is 5.10 Å². The van der Waals surface area contributed by atoms with Crippen molar-refractivity contribution in [1.82, 2.24) is 24.5 Å². The number of nitrogens with one attached hydrogen (secondary N) is 1. The molecule has 7 heteroatoms. The average Bonchev–Trinajstić information content (AvgIpc) is 3.31. The van der Waals surface area contributed by atoms with E-state index in [1.165, 1.54) is 6.20 Å². The summed E-state index contributed by atoms with van der Waals surface area (Å²) in [5.74, 6) is 0.558. The van der Waals surface area contributed by atoms with Crippen molar-refractivity contribution < 1.29 is 4.79 Å². The Morgan fingerprint density at radius 1 is 1.21 bits per heavy atom. The first-order chi connectivity index (χ1) is 11.8. The molecule has 0 saturated carbocycles. The Morgan fingerprint density at radius 2 is 2.08 bits per heavy atom. The molecule has 24 heavy (non-hydrogen) atoms. The molecule has 0 bridgehead atoms. The van der Waals surface area contributed by atoms with E-state index in [9.17, 15) is 4.79 Å². The highest BCUT2D eigenvalue weighted by Crippen LogP contribution is 2.14. The number of hydrogen-bond donors (Lipinski definition) is 1. The molecule has 1 N–H and O–H groups in total. The number of hydrogen-bond acceptors (Lipinski definition) is 5. The highest BCUT2D eigenvalue weighted by Gasteiger charge is 2.21. The fraction of sp³-hybridized carbons (Fsp3) is 0.294. The van der Waals surface area contributed by atoms with Crippen LogP contribution in [0.3, 0.4) is 0 Å². The lowest BCUT2D eigenvalue weighted by Gasteiger charge is -2.14. The second-order valence-electron chi connectivity index (χ2n) is 5.84. The van der Waals surface area contributed by atoms with E-state index >= 15 is 0 Å². The van der Waals surface area contributed by atoms with Crippen molar-refractivity contribution in [3.05, 3.63) is 54.2 Å². The van der Waals surface area contributed by atoms with E-state index in [4.69, 9.17) is 0 Å². The molecular formula is C17H18N6O. The summed E-state index contributed by atoms with van der Waals surface area (Å²) in [5, 5.41) is 7.47. The lowest BCUT2D eigenvalue weighted by atomic mass is 10.2. The van der Waals surface area contributed by atoms with Crippen LogP contribution < -0.4 is 5.32 Å². The molecule has 4 rings (SSSR count). The SMILES string of the molecule is O=C(c1cncc(NCc2cccn3nccc23)n1)N1CCCC1. The van der Waals surface area contributed by atoms with Crippen molar-refractivity contribution in [2.75, 3.05) is 18.4 Å². The number of likely N-dealkylation sites (tertiary alicyclic amines) is 1. The largest absolute Gasteiger partial charge is 0.365 e. The smallest absolute Gasteiger partial charge is 0.274 e. The van der Waals surface area contributed by atoms with Crippen molar-refractivity contribution in [2.45, 2.75) is 19.4 Å². The number of carbonyl (C=O) groups is 1. The van der Waals surface area contributed by atoms with Crippen LogP contribution in [0.4, 0.5) is 5.82 Å². The van der Waals surface area contributed by atoms with E-state index in [2.05, 4.69) is 20.4 Å². The van der Waals surface area contributed by atoms with Crippen LogP contribution in [-0.2, 0) is 6.54 Å². The molecule has 3 aromatic rings. The number of nitrogens with zero attached hydrogens (tertiary/aromatic N) is 5. The average molecular weight is 322 g/mol. The van der Waals surface area contributed by atoms with Gasteiger partial charge < -0.3 is 10.2 Å². The first-order valence-electron chi connectivity index (χ1n) is 8.08. The van der Waals surface area contributed by atoms with E-state index in [1.54, 1.807) is 12.4 Å². The van der Waals surface area contributed by atoms with Crippen LogP contribution in [0, 0.1) is 0 Å². The molecule has 122 valence electrons. The van der Waals surface area contributed by atoms with Crippen LogP contribution in [-0.4, -0.2) is 43.5 Å². The monoisotopic (exact) mass is 322 g/mol. The Labute approximate surface area is 139 Å².